The molecule has 1 amide bonds. The van der Waals surface area contributed by atoms with Crippen LogP contribution < -0.4 is 9.47 Å². The molecule has 1 aliphatic rings. The van der Waals surface area contributed by atoms with Gasteiger partial charge in [-0.3, -0.25) is 4.90 Å². The van der Waals surface area contributed by atoms with Crippen molar-refractivity contribution in [2.45, 2.75) is 44.7 Å². The van der Waals surface area contributed by atoms with Gasteiger partial charge in [-0.1, -0.05) is 36.6 Å². The van der Waals surface area contributed by atoms with Gasteiger partial charge in [-0.2, -0.15) is 0 Å². The number of aromatic amines is 1. The van der Waals surface area contributed by atoms with Gasteiger partial charge in [-0.15, -0.1) is 0 Å². The van der Waals surface area contributed by atoms with Crippen LogP contribution in [0.15, 0.2) is 85.5 Å². The maximum absolute atomic E-state index is 13.4. The highest BCUT2D eigenvalue weighted by Gasteiger charge is 2.35. The number of benzene rings is 3. The van der Waals surface area contributed by atoms with Gasteiger partial charge in [-0.25, -0.2) is 14.2 Å². The summed E-state index contributed by atoms with van der Waals surface area (Å²) < 4.78 is 27.2. The molecule has 1 aliphatic heterocycles. The Morgan fingerprint density at radius 2 is 1.79 bits per heavy atom. The molecule has 2 aromatic heterocycles. The smallest absolute Gasteiger partial charge is 0.416 e. The minimum absolute atomic E-state index is 0.292. The van der Waals surface area contributed by atoms with Gasteiger partial charge in [0.05, 0.1) is 12.9 Å². The normalized spacial score (nSPS) is 14.6. The van der Waals surface area contributed by atoms with Gasteiger partial charge in [0.2, 0.25) is 0 Å². The van der Waals surface area contributed by atoms with Crippen LogP contribution in [0.3, 0.4) is 0 Å². The molecule has 0 bridgehead atoms. The van der Waals surface area contributed by atoms with E-state index < -0.39 is 12.1 Å². The number of unbranched alkanes of at least 4 members (excludes halogenated alkanes) is 3. The number of halogens is 2. The number of aryl methyl sites for hydroxylation is 1. The van der Waals surface area contributed by atoms with E-state index in [0.29, 0.717) is 30.3 Å². The fourth-order valence-corrected chi connectivity index (χ4v) is 5.74. The Kier molecular flexibility index (Phi) is 8.42. The Bertz CT molecular complexity index is 1630. The average molecular weight is 587 g/mol. The highest BCUT2D eigenvalue weighted by molar-refractivity contribution is 6.31. The molecule has 0 fully saturated rings. The van der Waals surface area contributed by atoms with Crippen molar-refractivity contribution in [2.75, 3.05) is 13.2 Å². The van der Waals surface area contributed by atoms with Crippen molar-refractivity contribution in [3.63, 3.8) is 0 Å². The quantitative estimate of drug-likeness (QED) is 0.169. The third-order valence-electron chi connectivity index (χ3n) is 7.68. The lowest BCUT2D eigenvalue weighted by Gasteiger charge is -2.35. The molecule has 0 aliphatic carbocycles. The molecule has 1 N–H and O–H groups in total. The summed E-state index contributed by atoms with van der Waals surface area (Å²) in [5, 5.41) is 1.72. The third-order valence-corrected chi connectivity index (χ3v) is 7.91. The Balaban J connectivity index is 1.15. The molecule has 0 saturated heterocycles. The zero-order chi connectivity index (χ0) is 28.9. The summed E-state index contributed by atoms with van der Waals surface area (Å²) in [5.74, 6) is 0.692. The van der Waals surface area contributed by atoms with E-state index in [2.05, 4.69) is 14.5 Å². The second-order valence-electron chi connectivity index (χ2n) is 10.5. The zero-order valence-electron chi connectivity index (χ0n) is 23.1. The second-order valence-corrected chi connectivity index (χ2v) is 10.9. The molecule has 0 spiro atoms. The number of ether oxygens (including phenoxy) is 2. The fourth-order valence-electron chi connectivity index (χ4n) is 5.57. The van der Waals surface area contributed by atoms with Gasteiger partial charge in [0.15, 0.2) is 0 Å². The summed E-state index contributed by atoms with van der Waals surface area (Å²) in [5.41, 5.74) is 3.96. The number of imidazole rings is 1. The van der Waals surface area contributed by atoms with Crippen LogP contribution in [0.4, 0.5) is 9.18 Å². The van der Waals surface area contributed by atoms with Crippen molar-refractivity contribution in [3.05, 3.63) is 113 Å². The van der Waals surface area contributed by atoms with Crippen LogP contribution in [0.25, 0.3) is 10.9 Å². The first-order valence-electron chi connectivity index (χ1n) is 14.3. The largest absolute Gasteiger partial charge is 0.494 e. The molecule has 1 atom stereocenters. The zero-order valence-corrected chi connectivity index (χ0v) is 23.9. The number of hydrogen-bond donors (Lipinski definition) is 1. The van der Waals surface area contributed by atoms with E-state index in [1.54, 1.807) is 11.1 Å². The van der Waals surface area contributed by atoms with E-state index in [4.69, 9.17) is 21.1 Å². The van der Waals surface area contributed by atoms with Gasteiger partial charge in [0.1, 0.15) is 23.4 Å². The number of H-pyrrole nitrogens is 1. The van der Waals surface area contributed by atoms with Crippen LogP contribution in [0.1, 0.15) is 48.5 Å². The van der Waals surface area contributed by atoms with E-state index in [9.17, 15) is 9.18 Å². The topological polar surface area (TPSA) is 72.4 Å². The number of rotatable bonds is 10. The summed E-state index contributed by atoms with van der Waals surface area (Å²) >= 11 is 6.33. The van der Waals surface area contributed by atoms with Gasteiger partial charge < -0.3 is 19.0 Å². The number of carbonyl (C=O) groups excluding carboxylic acids is 1. The predicted octanol–water partition coefficient (Wildman–Crippen LogP) is 7.94. The fraction of sp³-hybridized carbons (Fsp3) is 0.273. The summed E-state index contributed by atoms with van der Waals surface area (Å²) in [4.78, 5) is 22.8. The molecular formula is C33H32ClFN4O3. The van der Waals surface area contributed by atoms with Crippen molar-refractivity contribution in [1.29, 1.82) is 0 Å². The molecule has 0 radical (unpaired) electrons. The van der Waals surface area contributed by atoms with Crippen molar-refractivity contribution in [3.8, 4) is 11.5 Å². The maximum Gasteiger partial charge on any atom is 0.416 e. The number of carbonyl (C=O) groups is 1. The highest BCUT2D eigenvalue weighted by Crippen LogP contribution is 2.40. The molecule has 3 aromatic carbocycles. The summed E-state index contributed by atoms with van der Waals surface area (Å²) in [6.45, 7) is 2.09. The highest BCUT2D eigenvalue weighted by atomic mass is 35.5. The molecule has 6 rings (SSSR count). The molecule has 5 aromatic rings. The van der Waals surface area contributed by atoms with E-state index in [1.165, 1.54) is 24.3 Å². The Morgan fingerprint density at radius 3 is 2.57 bits per heavy atom. The lowest BCUT2D eigenvalue weighted by molar-refractivity contribution is 0.135. The number of hydrogen-bond acceptors (Lipinski definition) is 4. The lowest BCUT2D eigenvalue weighted by atomic mass is 9.92. The first-order valence-corrected chi connectivity index (χ1v) is 14.7. The first kappa shape index (κ1) is 27.8. The number of aromatic nitrogens is 3. The molecule has 1 unspecified atom stereocenters. The van der Waals surface area contributed by atoms with Gasteiger partial charge in [0.25, 0.3) is 0 Å². The van der Waals surface area contributed by atoms with E-state index in [-0.39, 0.29) is 5.82 Å². The summed E-state index contributed by atoms with van der Waals surface area (Å²) in [6, 6.07) is 18.7. The molecule has 0 saturated carbocycles. The van der Waals surface area contributed by atoms with Gasteiger partial charge in [0, 0.05) is 47.1 Å². The van der Waals surface area contributed by atoms with Crippen LogP contribution >= 0.6 is 11.6 Å². The Labute approximate surface area is 248 Å². The second kappa shape index (κ2) is 12.7. The van der Waals surface area contributed by atoms with Crippen LogP contribution in [0.5, 0.6) is 11.5 Å². The SMILES string of the molecule is O=C(Oc1ccc(F)cc1)N1CCc2c([nH]c3ccc(Cl)cc23)C1c1ccc(OCCCCCCn2ccnc2)cc1. The summed E-state index contributed by atoms with van der Waals surface area (Å²) in [6.07, 6.45) is 10.1. The summed E-state index contributed by atoms with van der Waals surface area (Å²) in [7, 11) is 0. The minimum atomic E-state index is -0.498. The number of nitrogens with one attached hydrogen (secondary N) is 1. The first-order chi connectivity index (χ1) is 20.5. The van der Waals surface area contributed by atoms with Crippen molar-refractivity contribution < 1.29 is 18.7 Å². The van der Waals surface area contributed by atoms with Crippen molar-refractivity contribution >= 4 is 28.6 Å². The van der Waals surface area contributed by atoms with E-state index in [0.717, 1.165) is 65.7 Å². The molecular weight excluding hydrogens is 555 g/mol. The predicted molar refractivity (Wildman–Crippen MR) is 161 cm³/mol. The van der Waals surface area contributed by atoms with Crippen molar-refractivity contribution in [2.24, 2.45) is 0 Å². The number of nitrogens with zero attached hydrogens (tertiary/aromatic N) is 3. The lowest BCUT2D eigenvalue weighted by Crippen LogP contribution is -2.42. The number of amides is 1. The van der Waals surface area contributed by atoms with Crippen LogP contribution in [-0.4, -0.2) is 38.7 Å². The third kappa shape index (κ3) is 6.29. The van der Waals surface area contributed by atoms with Crippen LogP contribution in [0, 0.1) is 5.82 Å². The molecule has 3 heterocycles. The van der Waals surface area contributed by atoms with Crippen LogP contribution in [0.2, 0.25) is 5.02 Å². The Hall–Kier alpha value is -4.30. The monoisotopic (exact) mass is 586 g/mol. The molecule has 7 nitrogen and oxygen atoms in total. The molecule has 9 heteroatoms. The molecule has 216 valence electrons. The van der Waals surface area contributed by atoms with Crippen LogP contribution in [-0.2, 0) is 13.0 Å². The van der Waals surface area contributed by atoms with E-state index >= 15 is 0 Å². The average Bonchev–Trinajstić information content (AvgIpc) is 3.65. The van der Waals surface area contributed by atoms with Crippen molar-refractivity contribution in [1.82, 2.24) is 19.4 Å². The minimum Gasteiger partial charge on any atom is -0.494 e. The Morgan fingerprint density at radius 1 is 1.00 bits per heavy atom. The standard InChI is InChI=1S/C33H32ClFN4O3/c34-24-7-14-30-29(21-24)28-15-18-39(33(40)42-27-12-8-25(35)9-13-27)32(31(28)37-30)23-5-10-26(11-6-23)41-20-4-2-1-3-17-38-19-16-36-22-38/h5-14,16,19,21-22,32,37H,1-4,15,17-18,20H2. The number of fused-ring (bicyclic) bond motifs is 3. The van der Waals surface area contributed by atoms with Gasteiger partial charge in [-0.05, 0) is 85.0 Å². The maximum atomic E-state index is 13.4. The van der Waals surface area contributed by atoms with E-state index in [1.807, 2.05) is 55.0 Å². The molecule has 42 heavy (non-hydrogen) atoms. The van der Waals surface area contributed by atoms with Gasteiger partial charge >= 0.3 is 6.09 Å².